The summed E-state index contributed by atoms with van der Waals surface area (Å²) in [6.07, 6.45) is 4.60. The van der Waals surface area contributed by atoms with E-state index >= 15 is 0 Å². The first-order valence-electron chi connectivity index (χ1n) is 12.4. The SMILES string of the molecule is C=C(C)[C@@H]1CC[C@@]2(C)[C@H](Cc3c(O)c(C=O)c(O)c(C(=O)CC(C)C)c3O)CC[C@@](C)(O)[C@@H]2C1. The average molecular weight is 473 g/mol. The summed E-state index contributed by atoms with van der Waals surface area (Å²) in [4.78, 5) is 24.6. The third kappa shape index (κ3) is 4.49. The summed E-state index contributed by atoms with van der Waals surface area (Å²) in [6.45, 7) is 13.9. The van der Waals surface area contributed by atoms with Gasteiger partial charge in [0.2, 0.25) is 0 Å². The van der Waals surface area contributed by atoms with Crippen LogP contribution in [0, 0.1) is 29.1 Å². The number of hydrogen-bond acceptors (Lipinski definition) is 6. The molecule has 0 heterocycles. The monoisotopic (exact) mass is 472 g/mol. The van der Waals surface area contributed by atoms with E-state index in [2.05, 4.69) is 13.5 Å². The van der Waals surface area contributed by atoms with E-state index in [0.717, 1.165) is 24.8 Å². The molecule has 6 heteroatoms. The smallest absolute Gasteiger partial charge is 0.170 e. The van der Waals surface area contributed by atoms with Gasteiger partial charge in [0.1, 0.15) is 22.8 Å². The third-order valence-electron chi connectivity index (χ3n) is 8.72. The molecule has 0 radical (unpaired) electrons. The van der Waals surface area contributed by atoms with Crippen molar-refractivity contribution in [1.29, 1.82) is 0 Å². The molecule has 2 fully saturated rings. The Morgan fingerprint density at radius 2 is 1.76 bits per heavy atom. The first-order chi connectivity index (χ1) is 15.7. The van der Waals surface area contributed by atoms with Crippen molar-refractivity contribution in [2.45, 2.75) is 85.2 Å². The molecule has 2 saturated carbocycles. The molecule has 0 spiro atoms. The predicted octanol–water partition coefficient (Wildman–Crippen LogP) is 5.55. The van der Waals surface area contributed by atoms with Crippen molar-refractivity contribution >= 4 is 12.1 Å². The Kier molecular flexibility index (Phi) is 7.24. The number of carbonyl (C=O) groups excluding carboxylic acids is 2. The summed E-state index contributed by atoms with van der Waals surface area (Å²) in [7, 11) is 0. The number of hydrogen-bond donors (Lipinski definition) is 4. The highest BCUT2D eigenvalue weighted by Crippen LogP contribution is 2.60. The van der Waals surface area contributed by atoms with Gasteiger partial charge in [-0.2, -0.15) is 0 Å². The van der Waals surface area contributed by atoms with Crippen LogP contribution in [0.4, 0.5) is 0 Å². The molecule has 0 aromatic heterocycles. The highest BCUT2D eigenvalue weighted by atomic mass is 16.3. The minimum atomic E-state index is -0.829. The molecule has 0 bridgehead atoms. The summed E-state index contributed by atoms with van der Waals surface area (Å²) < 4.78 is 0. The molecule has 6 nitrogen and oxygen atoms in total. The zero-order chi connectivity index (χ0) is 25.6. The van der Waals surface area contributed by atoms with Gasteiger partial charge in [-0.15, -0.1) is 0 Å². The second kappa shape index (κ2) is 9.37. The molecule has 4 N–H and O–H groups in total. The first kappa shape index (κ1) is 26.3. The molecule has 188 valence electrons. The second-order valence-corrected chi connectivity index (χ2v) is 11.6. The van der Waals surface area contributed by atoms with Gasteiger partial charge in [-0.1, -0.05) is 32.9 Å². The molecule has 5 atom stereocenters. The minimum absolute atomic E-state index is 0.00743. The van der Waals surface area contributed by atoms with Crippen molar-refractivity contribution < 1.29 is 30.0 Å². The number of rotatable bonds is 7. The normalized spacial score (nSPS) is 31.2. The quantitative estimate of drug-likeness (QED) is 0.235. The fourth-order valence-corrected chi connectivity index (χ4v) is 6.61. The summed E-state index contributed by atoms with van der Waals surface area (Å²) in [5.41, 5.74) is -0.494. The van der Waals surface area contributed by atoms with Gasteiger partial charge < -0.3 is 20.4 Å². The molecule has 1 aromatic carbocycles. The van der Waals surface area contributed by atoms with Gasteiger partial charge in [-0.05, 0) is 81.5 Å². The van der Waals surface area contributed by atoms with Gasteiger partial charge in [0.25, 0.3) is 0 Å². The van der Waals surface area contributed by atoms with E-state index in [1.807, 2.05) is 27.7 Å². The van der Waals surface area contributed by atoms with E-state index in [-0.39, 0.29) is 52.7 Å². The van der Waals surface area contributed by atoms with Crippen LogP contribution in [0.3, 0.4) is 0 Å². The van der Waals surface area contributed by atoms with Gasteiger partial charge in [0.15, 0.2) is 12.1 Å². The maximum Gasteiger partial charge on any atom is 0.170 e. The molecule has 0 amide bonds. The topological polar surface area (TPSA) is 115 Å². The minimum Gasteiger partial charge on any atom is -0.507 e. The van der Waals surface area contributed by atoms with Crippen LogP contribution in [0.15, 0.2) is 12.2 Å². The number of aromatic hydroxyl groups is 3. The molecule has 3 rings (SSSR count). The number of aldehydes is 1. The number of allylic oxidation sites excluding steroid dienone is 1. The Labute approximate surface area is 202 Å². The summed E-state index contributed by atoms with van der Waals surface area (Å²) >= 11 is 0. The number of phenols is 3. The van der Waals surface area contributed by atoms with Crippen molar-refractivity contribution in [3.63, 3.8) is 0 Å². The lowest BCUT2D eigenvalue weighted by atomic mass is 9.48. The van der Waals surface area contributed by atoms with Crippen LogP contribution < -0.4 is 0 Å². The van der Waals surface area contributed by atoms with Crippen LogP contribution in [-0.4, -0.2) is 38.1 Å². The number of aliphatic hydroxyl groups is 1. The van der Waals surface area contributed by atoms with Gasteiger partial charge in [0.05, 0.1) is 11.2 Å². The molecule has 0 unspecified atom stereocenters. The maximum atomic E-state index is 12.8. The van der Waals surface area contributed by atoms with Gasteiger partial charge >= 0.3 is 0 Å². The fraction of sp³-hybridized carbons (Fsp3) is 0.643. The standard InChI is InChI=1S/C28H40O6/c1-15(2)11-21(30)23-25(32)19(24(31)20(14-29)26(23)33)13-18-8-10-28(6,34)22-12-17(16(3)4)7-9-27(18,22)5/h14-15,17-18,22,31-34H,3,7-13H2,1-2,4-6H3/t17-,18+,22-,27+,28-/m1/s1. The highest BCUT2D eigenvalue weighted by Gasteiger charge is 2.55. The van der Waals surface area contributed by atoms with Crippen LogP contribution in [0.2, 0.25) is 0 Å². The van der Waals surface area contributed by atoms with Gasteiger partial charge in [-0.25, -0.2) is 0 Å². The van der Waals surface area contributed by atoms with Crippen LogP contribution in [-0.2, 0) is 6.42 Å². The van der Waals surface area contributed by atoms with Crippen LogP contribution in [0.25, 0.3) is 0 Å². The van der Waals surface area contributed by atoms with E-state index < -0.39 is 28.6 Å². The molecule has 0 aliphatic heterocycles. The molecule has 34 heavy (non-hydrogen) atoms. The largest absolute Gasteiger partial charge is 0.507 e. The zero-order valence-electron chi connectivity index (χ0n) is 21.1. The molecule has 2 aliphatic rings. The number of fused-ring (bicyclic) bond motifs is 1. The molecule has 0 saturated heterocycles. The Balaban J connectivity index is 2.06. The van der Waals surface area contributed by atoms with Crippen molar-refractivity contribution in [3.8, 4) is 17.2 Å². The second-order valence-electron chi connectivity index (χ2n) is 11.6. The van der Waals surface area contributed by atoms with Crippen molar-refractivity contribution in [2.24, 2.45) is 29.1 Å². The number of ketones is 1. The Morgan fingerprint density at radius 3 is 2.32 bits per heavy atom. The third-order valence-corrected chi connectivity index (χ3v) is 8.72. The Bertz CT molecular complexity index is 991. The van der Waals surface area contributed by atoms with E-state index in [1.54, 1.807) is 0 Å². The molecule has 1 aromatic rings. The van der Waals surface area contributed by atoms with Crippen molar-refractivity contribution in [3.05, 3.63) is 28.8 Å². The van der Waals surface area contributed by atoms with Crippen molar-refractivity contribution in [2.75, 3.05) is 0 Å². The van der Waals surface area contributed by atoms with Gasteiger partial charge in [0, 0.05) is 12.0 Å². The van der Waals surface area contributed by atoms with E-state index in [9.17, 15) is 30.0 Å². The van der Waals surface area contributed by atoms with Crippen molar-refractivity contribution in [1.82, 2.24) is 0 Å². The number of phenolic OH excluding ortho intramolecular Hbond substituents is 3. The molecular formula is C28H40O6. The lowest BCUT2D eigenvalue weighted by molar-refractivity contribution is -0.147. The highest BCUT2D eigenvalue weighted by molar-refractivity contribution is 6.05. The average Bonchev–Trinajstić information content (AvgIpc) is 2.72. The number of benzene rings is 1. The summed E-state index contributed by atoms with van der Waals surface area (Å²) in [5.74, 6) is -1.68. The Hall–Kier alpha value is -2.34. The lowest BCUT2D eigenvalue weighted by Gasteiger charge is -2.58. The van der Waals surface area contributed by atoms with E-state index in [1.165, 1.54) is 0 Å². The maximum absolute atomic E-state index is 12.8. The Morgan fingerprint density at radius 1 is 1.12 bits per heavy atom. The fourth-order valence-electron chi connectivity index (χ4n) is 6.61. The van der Waals surface area contributed by atoms with Crippen LogP contribution in [0.5, 0.6) is 17.2 Å². The van der Waals surface area contributed by atoms with Crippen LogP contribution >= 0.6 is 0 Å². The van der Waals surface area contributed by atoms with Crippen LogP contribution in [0.1, 0.15) is 99.4 Å². The lowest BCUT2D eigenvalue weighted by Crippen LogP contribution is -2.55. The van der Waals surface area contributed by atoms with E-state index in [4.69, 9.17) is 0 Å². The summed E-state index contributed by atoms with van der Waals surface area (Å²) in [5, 5.41) is 43.7. The van der Waals surface area contributed by atoms with Gasteiger partial charge in [-0.3, -0.25) is 9.59 Å². The number of carbonyl (C=O) groups is 2. The molecule has 2 aliphatic carbocycles. The molecular weight excluding hydrogens is 432 g/mol. The number of Topliss-reactive ketones (excluding diaryl/α,β-unsaturated/α-hetero) is 1. The predicted molar refractivity (Wildman–Crippen MR) is 131 cm³/mol. The first-order valence-corrected chi connectivity index (χ1v) is 12.4. The zero-order valence-corrected chi connectivity index (χ0v) is 21.1. The van der Waals surface area contributed by atoms with E-state index in [0.29, 0.717) is 25.0 Å². The summed E-state index contributed by atoms with van der Waals surface area (Å²) in [6, 6.07) is 0.